The van der Waals surface area contributed by atoms with Gasteiger partial charge in [-0.25, -0.2) is 0 Å². The molecule has 0 aliphatic rings. The molecule has 0 amide bonds. The van der Waals surface area contributed by atoms with Crippen molar-refractivity contribution in [3.05, 3.63) is 62.6 Å². The van der Waals surface area contributed by atoms with Gasteiger partial charge >= 0.3 is 0 Å². The normalized spacial score (nSPS) is 12.2. The molecule has 0 aliphatic carbocycles. The molecule has 0 aromatic heterocycles. The molecule has 106 valence electrons. The van der Waals surface area contributed by atoms with Gasteiger partial charge in [-0.3, -0.25) is 0 Å². The largest absolute Gasteiger partial charge is 0.493 e. The van der Waals surface area contributed by atoms with Gasteiger partial charge in [-0.2, -0.15) is 0 Å². The van der Waals surface area contributed by atoms with Crippen LogP contribution < -0.4 is 4.74 Å². The van der Waals surface area contributed by atoms with Gasteiger partial charge in [0.25, 0.3) is 0 Å². The smallest absolute Gasteiger partial charge is 0.133 e. The van der Waals surface area contributed by atoms with Gasteiger partial charge in [0, 0.05) is 10.6 Å². The number of aliphatic hydroxyl groups excluding tert-OH is 1. The van der Waals surface area contributed by atoms with Crippen molar-refractivity contribution in [3.63, 3.8) is 0 Å². The molecule has 2 rings (SSSR count). The van der Waals surface area contributed by atoms with Gasteiger partial charge in [-0.1, -0.05) is 29.8 Å². The Hall–Kier alpha value is -1.03. The van der Waals surface area contributed by atoms with Crippen molar-refractivity contribution in [1.29, 1.82) is 0 Å². The Bertz CT molecular complexity index is 613. The monoisotopic (exact) mass is 354 g/mol. The van der Waals surface area contributed by atoms with Crippen LogP contribution in [0.2, 0.25) is 5.02 Å². The molecule has 0 radical (unpaired) electrons. The molecule has 0 aliphatic heterocycles. The van der Waals surface area contributed by atoms with Gasteiger partial charge in [0.05, 0.1) is 11.1 Å². The number of hydrogen-bond acceptors (Lipinski definition) is 2. The van der Waals surface area contributed by atoms with E-state index in [1.807, 2.05) is 44.2 Å². The zero-order valence-corrected chi connectivity index (χ0v) is 13.7. The van der Waals surface area contributed by atoms with E-state index < -0.39 is 6.10 Å². The van der Waals surface area contributed by atoms with Crippen molar-refractivity contribution in [3.8, 4) is 5.75 Å². The van der Waals surface area contributed by atoms with Gasteiger partial charge in [0.2, 0.25) is 0 Å². The second kappa shape index (κ2) is 6.61. The topological polar surface area (TPSA) is 29.5 Å². The van der Waals surface area contributed by atoms with E-state index in [1.54, 1.807) is 6.07 Å². The molecule has 2 aromatic rings. The average Bonchev–Trinajstić information content (AvgIpc) is 2.43. The Morgan fingerprint density at radius 3 is 2.70 bits per heavy atom. The van der Waals surface area contributed by atoms with Gasteiger partial charge in [-0.05, 0) is 59.1 Å². The van der Waals surface area contributed by atoms with Crippen molar-refractivity contribution in [2.24, 2.45) is 0 Å². The van der Waals surface area contributed by atoms with E-state index in [0.717, 1.165) is 26.9 Å². The highest BCUT2D eigenvalue weighted by Crippen LogP contribution is 2.36. The Kier molecular flexibility index (Phi) is 5.08. The van der Waals surface area contributed by atoms with Crippen LogP contribution in [-0.2, 0) is 0 Å². The highest BCUT2D eigenvalue weighted by Gasteiger charge is 2.18. The predicted octanol–water partition coefficient (Wildman–Crippen LogP) is 4.89. The van der Waals surface area contributed by atoms with Gasteiger partial charge in [0.1, 0.15) is 11.9 Å². The minimum absolute atomic E-state index is 0.578. The summed E-state index contributed by atoms with van der Waals surface area (Å²) in [5.74, 6) is 0.726. The second-order valence-electron chi connectivity index (χ2n) is 4.50. The van der Waals surface area contributed by atoms with Crippen LogP contribution in [0, 0.1) is 6.92 Å². The lowest BCUT2D eigenvalue weighted by Crippen LogP contribution is -2.04. The summed E-state index contributed by atoms with van der Waals surface area (Å²) in [6.07, 6.45) is -0.747. The molecule has 2 nitrogen and oxygen atoms in total. The lowest BCUT2D eigenvalue weighted by molar-refractivity contribution is 0.217. The molecule has 4 heteroatoms. The number of aryl methyl sites for hydroxylation is 1. The molecule has 0 bridgehead atoms. The van der Waals surface area contributed by atoms with Crippen LogP contribution in [0.3, 0.4) is 0 Å². The summed E-state index contributed by atoms with van der Waals surface area (Å²) in [5.41, 5.74) is 2.56. The summed E-state index contributed by atoms with van der Waals surface area (Å²) in [5, 5.41) is 11.2. The summed E-state index contributed by atoms with van der Waals surface area (Å²) >= 11 is 9.53. The first kappa shape index (κ1) is 15.4. The number of ether oxygens (including phenoxy) is 1. The summed E-state index contributed by atoms with van der Waals surface area (Å²) in [7, 11) is 0. The molecule has 2 aromatic carbocycles. The quantitative estimate of drug-likeness (QED) is 0.846. The van der Waals surface area contributed by atoms with Crippen LogP contribution in [-0.4, -0.2) is 11.7 Å². The molecule has 1 atom stereocenters. The summed E-state index contributed by atoms with van der Waals surface area (Å²) in [4.78, 5) is 0. The number of halogens is 2. The van der Waals surface area contributed by atoms with Crippen LogP contribution in [0.15, 0.2) is 40.9 Å². The first-order valence-corrected chi connectivity index (χ1v) is 7.57. The van der Waals surface area contributed by atoms with E-state index >= 15 is 0 Å². The molecule has 20 heavy (non-hydrogen) atoms. The van der Waals surface area contributed by atoms with Gasteiger partial charge in [0.15, 0.2) is 0 Å². The molecular formula is C16H16BrClO2. The highest BCUT2D eigenvalue weighted by molar-refractivity contribution is 9.10. The maximum atomic E-state index is 10.6. The summed E-state index contributed by atoms with van der Waals surface area (Å²) < 4.78 is 6.31. The third-order valence-electron chi connectivity index (χ3n) is 3.12. The molecule has 1 unspecified atom stereocenters. The molecule has 0 saturated carbocycles. The van der Waals surface area contributed by atoms with E-state index in [9.17, 15) is 5.11 Å². The number of rotatable bonds is 4. The summed E-state index contributed by atoms with van der Waals surface area (Å²) in [6, 6.07) is 11.1. The Labute approximate surface area is 132 Å². The van der Waals surface area contributed by atoms with E-state index in [1.165, 1.54) is 0 Å². The molecule has 0 saturated heterocycles. The predicted molar refractivity (Wildman–Crippen MR) is 85.6 cm³/mol. The van der Waals surface area contributed by atoms with E-state index in [2.05, 4.69) is 15.9 Å². The highest BCUT2D eigenvalue weighted by atomic mass is 79.9. The van der Waals surface area contributed by atoms with E-state index in [4.69, 9.17) is 16.3 Å². The lowest BCUT2D eigenvalue weighted by Gasteiger charge is -2.18. The van der Waals surface area contributed by atoms with Crippen molar-refractivity contribution in [1.82, 2.24) is 0 Å². The van der Waals surface area contributed by atoms with Crippen LogP contribution in [0.1, 0.15) is 29.7 Å². The summed E-state index contributed by atoms with van der Waals surface area (Å²) in [6.45, 7) is 4.46. The maximum absolute atomic E-state index is 10.6. The van der Waals surface area contributed by atoms with E-state index in [0.29, 0.717) is 11.6 Å². The zero-order chi connectivity index (χ0) is 14.7. The third-order valence-corrected chi connectivity index (χ3v) is 4.21. The van der Waals surface area contributed by atoms with Gasteiger partial charge in [-0.15, -0.1) is 0 Å². The number of hydrogen-bond donors (Lipinski definition) is 1. The molecule has 0 heterocycles. The van der Waals surface area contributed by atoms with Crippen molar-refractivity contribution in [2.75, 3.05) is 6.61 Å². The Morgan fingerprint density at radius 1 is 1.25 bits per heavy atom. The fourth-order valence-electron chi connectivity index (χ4n) is 2.08. The lowest BCUT2D eigenvalue weighted by atomic mass is 9.97. The van der Waals surface area contributed by atoms with Crippen LogP contribution in [0.25, 0.3) is 0 Å². The maximum Gasteiger partial charge on any atom is 0.133 e. The van der Waals surface area contributed by atoms with Crippen LogP contribution in [0.5, 0.6) is 5.75 Å². The van der Waals surface area contributed by atoms with Crippen LogP contribution >= 0.6 is 27.5 Å². The second-order valence-corrected chi connectivity index (χ2v) is 5.73. The molecule has 1 N–H and O–H groups in total. The minimum atomic E-state index is -0.747. The molecule has 0 spiro atoms. The SMILES string of the molecule is CCOc1cccc(C(O)c2cc(Cl)ccc2C)c1Br. The molecule has 0 fully saturated rings. The fraction of sp³-hybridized carbons (Fsp3) is 0.250. The number of aliphatic hydroxyl groups is 1. The third kappa shape index (κ3) is 3.17. The average molecular weight is 356 g/mol. The Morgan fingerprint density at radius 2 is 2.00 bits per heavy atom. The zero-order valence-electron chi connectivity index (χ0n) is 11.4. The first-order chi connectivity index (χ1) is 9.54. The fourth-order valence-corrected chi connectivity index (χ4v) is 2.86. The first-order valence-electron chi connectivity index (χ1n) is 6.40. The van der Waals surface area contributed by atoms with Crippen molar-refractivity contribution >= 4 is 27.5 Å². The Balaban J connectivity index is 2.45. The standard InChI is InChI=1S/C16H16BrClO2/c1-3-20-14-6-4-5-12(15(14)17)16(19)13-9-11(18)8-7-10(13)2/h4-9,16,19H,3H2,1-2H3. The van der Waals surface area contributed by atoms with Crippen molar-refractivity contribution in [2.45, 2.75) is 20.0 Å². The van der Waals surface area contributed by atoms with Gasteiger partial charge < -0.3 is 9.84 Å². The van der Waals surface area contributed by atoms with E-state index in [-0.39, 0.29) is 0 Å². The van der Waals surface area contributed by atoms with Crippen LogP contribution in [0.4, 0.5) is 0 Å². The van der Waals surface area contributed by atoms with Crippen molar-refractivity contribution < 1.29 is 9.84 Å². The molecular weight excluding hydrogens is 340 g/mol. The minimum Gasteiger partial charge on any atom is -0.493 e. The number of benzene rings is 2.